The van der Waals surface area contributed by atoms with E-state index in [1.165, 1.54) is 4.90 Å². The molecule has 134 valence electrons. The maximum absolute atomic E-state index is 12.4. The second kappa shape index (κ2) is 6.63. The predicted octanol–water partition coefficient (Wildman–Crippen LogP) is 2.64. The van der Waals surface area contributed by atoms with Crippen molar-refractivity contribution < 1.29 is 9.59 Å². The summed E-state index contributed by atoms with van der Waals surface area (Å²) in [5.41, 5.74) is 8.28. The molecule has 3 N–H and O–H groups in total. The molecule has 26 heavy (non-hydrogen) atoms. The first-order valence-corrected chi connectivity index (χ1v) is 8.39. The SMILES string of the molecule is Cc1ccc(C(=O)Nc2cccc([C@@]3(C)CC(=O)N(C)C(N)=N3)c2)cc1. The molecular formula is C20H22N4O2. The van der Waals surface area contributed by atoms with Crippen LogP contribution in [0.25, 0.3) is 0 Å². The first-order valence-electron chi connectivity index (χ1n) is 8.39. The van der Waals surface area contributed by atoms with E-state index in [0.717, 1.165) is 11.1 Å². The van der Waals surface area contributed by atoms with E-state index in [4.69, 9.17) is 5.73 Å². The lowest BCUT2D eigenvalue weighted by molar-refractivity contribution is -0.128. The van der Waals surface area contributed by atoms with Crippen LogP contribution in [0, 0.1) is 6.92 Å². The number of aryl methyl sites for hydroxylation is 1. The normalized spacial score (nSPS) is 19.9. The van der Waals surface area contributed by atoms with Crippen LogP contribution in [0.2, 0.25) is 0 Å². The van der Waals surface area contributed by atoms with Gasteiger partial charge in [0, 0.05) is 18.3 Å². The minimum absolute atomic E-state index is 0.0888. The molecule has 2 aromatic carbocycles. The Hall–Kier alpha value is -3.15. The highest BCUT2D eigenvalue weighted by atomic mass is 16.2. The Kier molecular flexibility index (Phi) is 4.50. The maximum atomic E-state index is 12.4. The standard InChI is InChI=1S/C20H22N4O2/c1-13-7-9-14(10-8-13)18(26)22-16-6-4-5-15(11-16)20(2)12-17(25)24(3)19(21)23-20/h4-11H,12H2,1-3H3,(H2,21,23)(H,22,26)/t20-/m1/s1. The quantitative estimate of drug-likeness (QED) is 0.892. The smallest absolute Gasteiger partial charge is 0.255 e. The van der Waals surface area contributed by atoms with Crippen molar-refractivity contribution in [2.45, 2.75) is 25.8 Å². The van der Waals surface area contributed by atoms with Crippen molar-refractivity contribution in [1.82, 2.24) is 4.90 Å². The summed E-state index contributed by atoms with van der Waals surface area (Å²) >= 11 is 0. The summed E-state index contributed by atoms with van der Waals surface area (Å²) in [5.74, 6) is -0.0817. The zero-order chi connectivity index (χ0) is 18.9. The highest BCUT2D eigenvalue weighted by molar-refractivity contribution is 6.04. The van der Waals surface area contributed by atoms with E-state index >= 15 is 0 Å². The number of nitrogens with two attached hydrogens (primary N) is 1. The van der Waals surface area contributed by atoms with Crippen LogP contribution in [0.15, 0.2) is 53.5 Å². The van der Waals surface area contributed by atoms with Crippen LogP contribution in [0.4, 0.5) is 5.69 Å². The largest absolute Gasteiger partial charge is 0.369 e. The lowest BCUT2D eigenvalue weighted by Crippen LogP contribution is -2.47. The van der Waals surface area contributed by atoms with Gasteiger partial charge in [0.2, 0.25) is 5.91 Å². The van der Waals surface area contributed by atoms with Crippen molar-refractivity contribution in [3.8, 4) is 0 Å². The van der Waals surface area contributed by atoms with Crippen molar-refractivity contribution in [3.63, 3.8) is 0 Å². The Balaban J connectivity index is 1.85. The number of rotatable bonds is 3. The fourth-order valence-electron chi connectivity index (χ4n) is 2.91. The van der Waals surface area contributed by atoms with Crippen molar-refractivity contribution in [3.05, 3.63) is 65.2 Å². The monoisotopic (exact) mass is 350 g/mol. The number of anilines is 1. The lowest BCUT2D eigenvalue weighted by Gasteiger charge is -2.33. The summed E-state index contributed by atoms with van der Waals surface area (Å²) < 4.78 is 0. The zero-order valence-corrected chi connectivity index (χ0v) is 15.1. The van der Waals surface area contributed by atoms with E-state index in [1.807, 2.05) is 50.2 Å². The minimum atomic E-state index is -0.752. The first-order chi connectivity index (χ1) is 12.3. The van der Waals surface area contributed by atoms with Crippen LogP contribution >= 0.6 is 0 Å². The number of hydrogen-bond acceptors (Lipinski definition) is 4. The molecule has 0 aromatic heterocycles. The summed E-state index contributed by atoms with van der Waals surface area (Å²) in [5, 5.41) is 2.89. The van der Waals surface area contributed by atoms with E-state index in [9.17, 15) is 9.59 Å². The van der Waals surface area contributed by atoms with Crippen LogP contribution in [0.3, 0.4) is 0 Å². The van der Waals surface area contributed by atoms with Gasteiger partial charge in [0.25, 0.3) is 5.91 Å². The summed E-state index contributed by atoms with van der Waals surface area (Å²) in [7, 11) is 1.61. The number of carbonyl (C=O) groups is 2. The molecule has 0 saturated heterocycles. The van der Waals surface area contributed by atoms with Gasteiger partial charge in [-0.3, -0.25) is 14.5 Å². The molecule has 2 aromatic rings. The van der Waals surface area contributed by atoms with Gasteiger partial charge in [0.05, 0.1) is 12.0 Å². The third kappa shape index (κ3) is 3.44. The summed E-state index contributed by atoms with van der Waals surface area (Å²) in [6.45, 7) is 3.84. The average molecular weight is 350 g/mol. The Morgan fingerprint density at radius 3 is 2.58 bits per heavy atom. The minimum Gasteiger partial charge on any atom is -0.369 e. The summed E-state index contributed by atoms with van der Waals surface area (Å²) in [4.78, 5) is 30.4. The topological polar surface area (TPSA) is 87.8 Å². The molecule has 0 fully saturated rings. The number of guanidine groups is 1. The van der Waals surface area contributed by atoms with Gasteiger partial charge in [-0.25, -0.2) is 4.99 Å². The molecule has 1 aliphatic rings. The van der Waals surface area contributed by atoms with Crippen molar-refractivity contribution in [2.24, 2.45) is 10.7 Å². The van der Waals surface area contributed by atoms with E-state index in [1.54, 1.807) is 19.2 Å². The van der Waals surface area contributed by atoms with Crippen molar-refractivity contribution in [1.29, 1.82) is 0 Å². The van der Waals surface area contributed by atoms with Gasteiger partial charge >= 0.3 is 0 Å². The molecule has 0 bridgehead atoms. The molecule has 2 amide bonds. The fourth-order valence-corrected chi connectivity index (χ4v) is 2.91. The van der Waals surface area contributed by atoms with Crippen LogP contribution in [0.1, 0.15) is 34.8 Å². The molecule has 1 atom stereocenters. The number of hydrogen-bond donors (Lipinski definition) is 2. The Morgan fingerprint density at radius 1 is 1.23 bits per heavy atom. The number of aliphatic imine (C=N–C) groups is 1. The van der Waals surface area contributed by atoms with Crippen LogP contribution in [-0.4, -0.2) is 29.7 Å². The molecule has 6 heteroatoms. The third-order valence-corrected chi connectivity index (χ3v) is 4.63. The molecule has 0 aliphatic carbocycles. The van der Waals surface area contributed by atoms with Gasteiger partial charge in [-0.2, -0.15) is 0 Å². The van der Waals surface area contributed by atoms with Gasteiger partial charge in [0.15, 0.2) is 5.96 Å². The predicted molar refractivity (Wildman–Crippen MR) is 102 cm³/mol. The first kappa shape index (κ1) is 17.7. The molecule has 1 heterocycles. The number of amides is 2. The molecule has 0 unspecified atom stereocenters. The van der Waals surface area contributed by atoms with Gasteiger partial charge in [0.1, 0.15) is 0 Å². The molecule has 1 aliphatic heterocycles. The van der Waals surface area contributed by atoms with Crippen molar-refractivity contribution in [2.75, 3.05) is 12.4 Å². The van der Waals surface area contributed by atoms with Gasteiger partial charge < -0.3 is 11.1 Å². The maximum Gasteiger partial charge on any atom is 0.255 e. The average Bonchev–Trinajstić information content (AvgIpc) is 2.60. The number of benzene rings is 2. The molecule has 0 spiro atoms. The number of nitrogens with one attached hydrogen (secondary N) is 1. The second-order valence-electron chi connectivity index (χ2n) is 6.77. The van der Waals surface area contributed by atoms with E-state index in [-0.39, 0.29) is 24.2 Å². The molecule has 3 rings (SSSR count). The highest BCUT2D eigenvalue weighted by Crippen LogP contribution is 2.34. The Labute approximate surface area is 152 Å². The molecule has 6 nitrogen and oxygen atoms in total. The van der Waals surface area contributed by atoms with Crippen LogP contribution < -0.4 is 11.1 Å². The Morgan fingerprint density at radius 2 is 1.92 bits per heavy atom. The third-order valence-electron chi connectivity index (χ3n) is 4.63. The van der Waals surface area contributed by atoms with Gasteiger partial charge in [-0.15, -0.1) is 0 Å². The molecule has 0 saturated carbocycles. The molecular weight excluding hydrogens is 328 g/mol. The summed E-state index contributed by atoms with van der Waals surface area (Å²) in [6, 6.07) is 14.7. The zero-order valence-electron chi connectivity index (χ0n) is 15.1. The fraction of sp³-hybridized carbons (Fsp3) is 0.250. The van der Waals surface area contributed by atoms with E-state index < -0.39 is 5.54 Å². The highest BCUT2D eigenvalue weighted by Gasteiger charge is 2.36. The second-order valence-corrected chi connectivity index (χ2v) is 6.77. The Bertz CT molecular complexity index is 889. The lowest BCUT2D eigenvalue weighted by atomic mass is 9.87. The van der Waals surface area contributed by atoms with Gasteiger partial charge in [-0.1, -0.05) is 29.8 Å². The van der Waals surface area contributed by atoms with Gasteiger partial charge in [-0.05, 0) is 43.7 Å². The number of nitrogens with zero attached hydrogens (tertiary/aromatic N) is 2. The van der Waals surface area contributed by atoms with Crippen LogP contribution in [-0.2, 0) is 10.3 Å². The number of carbonyl (C=O) groups excluding carboxylic acids is 2. The van der Waals surface area contributed by atoms with E-state index in [2.05, 4.69) is 10.3 Å². The van der Waals surface area contributed by atoms with Crippen molar-refractivity contribution >= 4 is 23.5 Å². The van der Waals surface area contributed by atoms with Crippen LogP contribution in [0.5, 0.6) is 0 Å². The van der Waals surface area contributed by atoms with E-state index in [0.29, 0.717) is 11.3 Å². The molecule has 0 radical (unpaired) electrons. The summed E-state index contributed by atoms with van der Waals surface area (Å²) in [6.07, 6.45) is 0.222.